The zero-order chi connectivity index (χ0) is 11.9. The van der Waals surface area contributed by atoms with Crippen molar-refractivity contribution in [2.24, 2.45) is 17.8 Å². The molecule has 2 aliphatic carbocycles. The van der Waals surface area contributed by atoms with Gasteiger partial charge in [0.1, 0.15) is 9.84 Å². The summed E-state index contributed by atoms with van der Waals surface area (Å²) < 4.78 is 22.7. The molecule has 2 saturated carbocycles. The minimum absolute atomic E-state index is 0.390. The topological polar surface area (TPSA) is 46.2 Å². The Labute approximate surface area is 104 Å². The van der Waals surface area contributed by atoms with Crippen molar-refractivity contribution in [2.75, 3.05) is 18.1 Å². The molecule has 0 amide bonds. The number of fused-ring (bicyclic) bond motifs is 2. The fourth-order valence-electron chi connectivity index (χ4n) is 4.04. The number of rotatable bonds is 3. The van der Waals surface area contributed by atoms with E-state index in [1.54, 1.807) is 0 Å². The quantitative estimate of drug-likeness (QED) is 0.835. The zero-order valence-corrected chi connectivity index (χ0v) is 11.2. The van der Waals surface area contributed by atoms with Crippen molar-refractivity contribution >= 4 is 9.84 Å². The maximum Gasteiger partial charge on any atom is 0.150 e. The smallest absolute Gasteiger partial charge is 0.150 e. The van der Waals surface area contributed by atoms with Crippen LogP contribution in [0.4, 0.5) is 0 Å². The van der Waals surface area contributed by atoms with E-state index in [4.69, 9.17) is 0 Å². The maximum atomic E-state index is 11.3. The average Bonchev–Trinajstić information content (AvgIpc) is 2.89. The van der Waals surface area contributed by atoms with E-state index < -0.39 is 9.84 Å². The third-order valence-corrected chi connectivity index (χ3v) is 6.82. The fourth-order valence-corrected chi connectivity index (χ4v) is 5.53. The highest BCUT2D eigenvalue weighted by Gasteiger charge is 2.39. The van der Waals surface area contributed by atoms with Gasteiger partial charge in [-0.2, -0.15) is 0 Å². The first kappa shape index (κ1) is 12.0. The SMILES string of the molecule is O=S1(=O)CCC(NCC2CC3CCC2C3)CC1. The number of sulfone groups is 1. The second-order valence-corrected chi connectivity index (χ2v) is 8.57. The van der Waals surface area contributed by atoms with Gasteiger partial charge in [0.15, 0.2) is 0 Å². The van der Waals surface area contributed by atoms with Crippen molar-refractivity contribution in [2.45, 2.75) is 44.6 Å². The lowest BCUT2D eigenvalue weighted by atomic mass is 9.88. The first-order valence-corrected chi connectivity index (χ1v) is 8.88. The van der Waals surface area contributed by atoms with Gasteiger partial charge in [0.05, 0.1) is 11.5 Å². The summed E-state index contributed by atoms with van der Waals surface area (Å²) in [6, 6.07) is 0.456. The monoisotopic (exact) mass is 257 g/mol. The predicted molar refractivity (Wildman–Crippen MR) is 68.6 cm³/mol. The van der Waals surface area contributed by atoms with Crippen molar-refractivity contribution in [3.8, 4) is 0 Å². The third-order valence-electron chi connectivity index (χ3n) is 5.11. The molecule has 2 bridgehead atoms. The molecule has 17 heavy (non-hydrogen) atoms. The van der Waals surface area contributed by atoms with E-state index >= 15 is 0 Å². The standard InChI is InChI=1S/C13H23NO2S/c15-17(16)5-3-13(4-6-17)14-9-12-8-10-1-2-11(12)7-10/h10-14H,1-9H2. The lowest BCUT2D eigenvalue weighted by molar-refractivity contribution is 0.300. The average molecular weight is 257 g/mol. The number of hydrogen-bond acceptors (Lipinski definition) is 3. The molecule has 1 N–H and O–H groups in total. The van der Waals surface area contributed by atoms with E-state index in [-0.39, 0.29) is 0 Å². The van der Waals surface area contributed by atoms with E-state index in [0.717, 1.165) is 37.1 Å². The zero-order valence-electron chi connectivity index (χ0n) is 10.4. The van der Waals surface area contributed by atoms with Gasteiger partial charge in [-0.3, -0.25) is 0 Å². The molecule has 3 aliphatic rings. The van der Waals surface area contributed by atoms with Crippen LogP contribution in [0, 0.1) is 17.8 Å². The summed E-state index contributed by atoms with van der Waals surface area (Å²) in [5, 5.41) is 3.62. The molecule has 0 aromatic carbocycles. The van der Waals surface area contributed by atoms with Crippen LogP contribution in [0.1, 0.15) is 38.5 Å². The Morgan fingerprint density at radius 2 is 1.76 bits per heavy atom. The van der Waals surface area contributed by atoms with E-state index in [1.807, 2.05) is 0 Å². The molecule has 3 unspecified atom stereocenters. The Kier molecular flexibility index (Phi) is 3.20. The maximum absolute atomic E-state index is 11.3. The first-order chi connectivity index (χ1) is 8.12. The molecule has 3 fully saturated rings. The van der Waals surface area contributed by atoms with Gasteiger partial charge in [-0.1, -0.05) is 6.42 Å². The van der Waals surface area contributed by atoms with Crippen molar-refractivity contribution in [3.63, 3.8) is 0 Å². The minimum atomic E-state index is -2.70. The van der Waals surface area contributed by atoms with Crippen LogP contribution in [0.3, 0.4) is 0 Å². The lowest BCUT2D eigenvalue weighted by Gasteiger charge is -2.27. The van der Waals surface area contributed by atoms with Crippen LogP contribution < -0.4 is 5.32 Å². The second-order valence-electron chi connectivity index (χ2n) is 6.27. The predicted octanol–water partition coefficient (Wildman–Crippen LogP) is 1.59. The summed E-state index contributed by atoms with van der Waals surface area (Å²) in [4.78, 5) is 0. The van der Waals surface area contributed by atoms with Gasteiger partial charge < -0.3 is 5.32 Å². The molecule has 3 rings (SSSR count). The summed E-state index contributed by atoms with van der Waals surface area (Å²) in [5.74, 6) is 3.65. The van der Waals surface area contributed by atoms with Crippen LogP contribution in [0.2, 0.25) is 0 Å². The second kappa shape index (κ2) is 4.54. The van der Waals surface area contributed by atoms with Crippen LogP contribution in [0.5, 0.6) is 0 Å². The molecule has 1 aliphatic heterocycles. The van der Waals surface area contributed by atoms with Crippen LogP contribution in [0.25, 0.3) is 0 Å². The van der Waals surface area contributed by atoms with Gasteiger partial charge in [0, 0.05) is 6.04 Å². The van der Waals surface area contributed by atoms with Crippen molar-refractivity contribution in [1.82, 2.24) is 5.32 Å². The van der Waals surface area contributed by atoms with E-state index in [2.05, 4.69) is 5.32 Å². The van der Waals surface area contributed by atoms with E-state index in [1.165, 1.54) is 25.7 Å². The Bertz CT molecular complexity index is 365. The highest BCUT2D eigenvalue weighted by atomic mass is 32.2. The van der Waals surface area contributed by atoms with Crippen molar-refractivity contribution in [1.29, 1.82) is 0 Å². The molecule has 0 aromatic rings. The highest BCUT2D eigenvalue weighted by Crippen LogP contribution is 2.47. The van der Waals surface area contributed by atoms with E-state index in [9.17, 15) is 8.42 Å². The Morgan fingerprint density at radius 3 is 2.35 bits per heavy atom. The molecule has 98 valence electrons. The third kappa shape index (κ3) is 2.68. The highest BCUT2D eigenvalue weighted by molar-refractivity contribution is 7.91. The molecule has 1 heterocycles. The normalized spacial score (nSPS) is 40.8. The molecular formula is C13H23NO2S. The Balaban J connectivity index is 1.43. The van der Waals surface area contributed by atoms with Gasteiger partial charge >= 0.3 is 0 Å². The van der Waals surface area contributed by atoms with Crippen molar-refractivity contribution < 1.29 is 8.42 Å². The van der Waals surface area contributed by atoms with Crippen LogP contribution in [-0.4, -0.2) is 32.5 Å². The molecule has 3 atom stereocenters. The van der Waals surface area contributed by atoms with Gasteiger partial charge in [-0.15, -0.1) is 0 Å². The minimum Gasteiger partial charge on any atom is -0.314 e. The fraction of sp³-hybridized carbons (Fsp3) is 1.00. The summed E-state index contributed by atoms with van der Waals surface area (Å²) in [6.07, 6.45) is 7.43. The number of nitrogens with one attached hydrogen (secondary N) is 1. The van der Waals surface area contributed by atoms with E-state index in [0.29, 0.717) is 17.5 Å². The molecule has 3 nitrogen and oxygen atoms in total. The van der Waals surface area contributed by atoms with Crippen molar-refractivity contribution in [3.05, 3.63) is 0 Å². The number of hydrogen-bond donors (Lipinski definition) is 1. The summed E-state index contributed by atoms with van der Waals surface area (Å²) >= 11 is 0. The summed E-state index contributed by atoms with van der Waals surface area (Å²) in [6.45, 7) is 1.13. The molecular weight excluding hydrogens is 234 g/mol. The molecule has 0 aromatic heterocycles. The summed E-state index contributed by atoms with van der Waals surface area (Å²) in [7, 11) is -2.70. The lowest BCUT2D eigenvalue weighted by Crippen LogP contribution is -2.40. The molecule has 4 heteroatoms. The first-order valence-electron chi connectivity index (χ1n) is 7.06. The van der Waals surface area contributed by atoms with Gasteiger partial charge in [-0.25, -0.2) is 8.42 Å². The summed E-state index contributed by atoms with van der Waals surface area (Å²) in [5.41, 5.74) is 0. The van der Waals surface area contributed by atoms with Crippen LogP contribution in [0.15, 0.2) is 0 Å². The molecule has 0 radical (unpaired) electrons. The van der Waals surface area contributed by atoms with Crippen LogP contribution in [-0.2, 0) is 9.84 Å². The Hall–Kier alpha value is -0.0900. The van der Waals surface area contributed by atoms with Gasteiger partial charge in [0.2, 0.25) is 0 Å². The Morgan fingerprint density at radius 1 is 1.00 bits per heavy atom. The van der Waals surface area contributed by atoms with Gasteiger partial charge in [-0.05, 0) is 56.4 Å². The van der Waals surface area contributed by atoms with Gasteiger partial charge in [0.25, 0.3) is 0 Å². The van der Waals surface area contributed by atoms with Crippen LogP contribution >= 0.6 is 0 Å². The molecule has 1 saturated heterocycles. The largest absolute Gasteiger partial charge is 0.314 e. The molecule has 0 spiro atoms.